The molecular formula is C28H36N2O2S. The predicted molar refractivity (Wildman–Crippen MR) is 135 cm³/mol. The highest BCUT2D eigenvalue weighted by Gasteiger charge is 2.66. The van der Waals surface area contributed by atoms with Crippen molar-refractivity contribution in [3.8, 4) is 11.8 Å². The quantitative estimate of drug-likeness (QED) is 0.538. The topological polar surface area (TPSA) is 41.9 Å². The third-order valence-corrected chi connectivity index (χ3v) is 9.13. The molecule has 0 radical (unpaired) electrons. The van der Waals surface area contributed by atoms with Crippen molar-refractivity contribution < 1.29 is 9.53 Å². The lowest BCUT2D eigenvalue weighted by atomic mass is 9.61. The van der Waals surface area contributed by atoms with Crippen LogP contribution in [0.4, 0.5) is 0 Å². The Balaban J connectivity index is 1.62. The van der Waals surface area contributed by atoms with E-state index in [4.69, 9.17) is 9.73 Å². The zero-order chi connectivity index (χ0) is 23.1. The number of aliphatic imine (C=N–C) groups is 1. The molecule has 0 aromatic heterocycles. The number of fused-ring (bicyclic) bond motifs is 3. The number of methoxy groups -OCH3 is 1. The Kier molecular flexibility index (Phi) is 6.35. The van der Waals surface area contributed by atoms with E-state index < -0.39 is 5.54 Å². The van der Waals surface area contributed by atoms with Gasteiger partial charge in [-0.05, 0) is 81.0 Å². The highest BCUT2D eigenvalue weighted by molar-refractivity contribution is 8.13. The summed E-state index contributed by atoms with van der Waals surface area (Å²) >= 11 is 1.75. The van der Waals surface area contributed by atoms with Gasteiger partial charge in [-0.25, -0.2) is 4.99 Å². The number of amides is 1. The fourth-order valence-electron chi connectivity index (χ4n) is 6.03. The van der Waals surface area contributed by atoms with E-state index in [0.29, 0.717) is 5.92 Å². The fraction of sp³-hybridized carbons (Fsp3) is 0.643. The lowest BCUT2D eigenvalue weighted by Gasteiger charge is -2.45. The standard InChI is InChI=1S/C28H36N2O2S/c1-4-16-30-25(31)28(29-26(30)33-17-5-2)24-18-21(9-8-20-6-7-20)10-11-22(24)19-27(28)14-12-23(32-3)13-15-27/h10-11,18,20,23H,4-7,12-17,19H2,1-3H3. The molecule has 176 valence electrons. The Morgan fingerprint density at radius 2 is 1.97 bits per heavy atom. The zero-order valence-electron chi connectivity index (χ0n) is 20.3. The smallest absolute Gasteiger partial charge is 0.261 e. The SMILES string of the molecule is CCCSC1=NC2(C(=O)N1CCC)c1cc(C#CC3CC3)ccc1CC21CCC(OC)CC1. The molecule has 2 saturated carbocycles. The lowest BCUT2D eigenvalue weighted by Crippen LogP contribution is -2.51. The maximum absolute atomic E-state index is 14.4. The Morgan fingerprint density at radius 3 is 2.64 bits per heavy atom. The van der Waals surface area contributed by atoms with Gasteiger partial charge in [-0.1, -0.05) is 43.5 Å². The van der Waals surface area contributed by atoms with Gasteiger partial charge in [0.05, 0.1) is 6.10 Å². The summed E-state index contributed by atoms with van der Waals surface area (Å²) in [6.07, 6.45) is 9.61. The predicted octanol–water partition coefficient (Wildman–Crippen LogP) is 5.53. The molecule has 0 saturated heterocycles. The molecule has 1 heterocycles. The van der Waals surface area contributed by atoms with E-state index >= 15 is 0 Å². The molecule has 0 bridgehead atoms. The largest absolute Gasteiger partial charge is 0.381 e. The molecule has 5 heteroatoms. The number of hydrogen-bond acceptors (Lipinski definition) is 4. The van der Waals surface area contributed by atoms with Crippen LogP contribution in [0.5, 0.6) is 0 Å². The van der Waals surface area contributed by atoms with Gasteiger partial charge in [0.25, 0.3) is 5.91 Å². The molecule has 2 spiro atoms. The first kappa shape index (κ1) is 23.0. The first-order valence-corrected chi connectivity index (χ1v) is 13.8. The molecule has 1 unspecified atom stereocenters. The molecule has 1 aromatic carbocycles. The van der Waals surface area contributed by atoms with E-state index in [0.717, 1.165) is 73.5 Å². The molecule has 4 nitrogen and oxygen atoms in total. The van der Waals surface area contributed by atoms with Crippen LogP contribution in [0.15, 0.2) is 23.2 Å². The number of carbonyl (C=O) groups excluding carboxylic acids is 1. The molecule has 2 fully saturated rings. The summed E-state index contributed by atoms with van der Waals surface area (Å²) in [5.74, 6) is 8.55. The van der Waals surface area contributed by atoms with E-state index in [9.17, 15) is 4.79 Å². The van der Waals surface area contributed by atoms with Crippen LogP contribution in [0.25, 0.3) is 0 Å². The van der Waals surface area contributed by atoms with Crippen LogP contribution in [0.2, 0.25) is 0 Å². The van der Waals surface area contributed by atoms with Gasteiger partial charge in [-0.3, -0.25) is 9.69 Å². The van der Waals surface area contributed by atoms with Crippen molar-refractivity contribution in [1.29, 1.82) is 0 Å². The summed E-state index contributed by atoms with van der Waals surface area (Å²) in [5.41, 5.74) is 2.48. The second kappa shape index (κ2) is 9.12. The fourth-order valence-corrected chi connectivity index (χ4v) is 6.95. The Labute approximate surface area is 202 Å². The van der Waals surface area contributed by atoms with Crippen LogP contribution >= 0.6 is 11.8 Å². The second-order valence-electron chi connectivity index (χ2n) is 10.2. The normalized spacial score (nSPS) is 30.5. The van der Waals surface area contributed by atoms with E-state index in [1.807, 2.05) is 12.0 Å². The second-order valence-corrected chi connectivity index (χ2v) is 11.3. The molecule has 3 aliphatic carbocycles. The summed E-state index contributed by atoms with van der Waals surface area (Å²) in [5, 5.41) is 0.930. The van der Waals surface area contributed by atoms with E-state index in [2.05, 4.69) is 43.9 Å². The van der Waals surface area contributed by atoms with Crippen molar-refractivity contribution in [2.75, 3.05) is 19.4 Å². The number of hydrogen-bond donors (Lipinski definition) is 0. The molecule has 1 atom stereocenters. The molecule has 4 aliphatic rings. The zero-order valence-corrected chi connectivity index (χ0v) is 21.1. The maximum Gasteiger partial charge on any atom is 0.261 e. The number of amidine groups is 1. The minimum absolute atomic E-state index is 0.162. The maximum atomic E-state index is 14.4. The summed E-state index contributed by atoms with van der Waals surface area (Å²) < 4.78 is 5.71. The van der Waals surface area contributed by atoms with E-state index in [-0.39, 0.29) is 17.4 Å². The van der Waals surface area contributed by atoms with Gasteiger partial charge in [-0.15, -0.1) is 0 Å². The van der Waals surface area contributed by atoms with Crippen LogP contribution in [-0.4, -0.2) is 41.5 Å². The van der Waals surface area contributed by atoms with Crippen molar-refractivity contribution in [2.24, 2.45) is 16.3 Å². The number of rotatable bonds is 5. The van der Waals surface area contributed by atoms with Crippen molar-refractivity contribution in [3.05, 3.63) is 34.9 Å². The van der Waals surface area contributed by atoms with Crippen molar-refractivity contribution in [1.82, 2.24) is 4.90 Å². The number of carbonyl (C=O) groups is 1. The third kappa shape index (κ3) is 3.84. The average Bonchev–Trinajstić information content (AvgIpc) is 3.58. The Hall–Kier alpha value is -1.77. The molecule has 33 heavy (non-hydrogen) atoms. The highest BCUT2D eigenvalue weighted by atomic mass is 32.2. The van der Waals surface area contributed by atoms with Crippen molar-refractivity contribution in [3.63, 3.8) is 0 Å². The van der Waals surface area contributed by atoms with Gasteiger partial charge >= 0.3 is 0 Å². The number of nitrogens with zero attached hydrogens (tertiary/aromatic N) is 2. The van der Waals surface area contributed by atoms with E-state index in [1.165, 1.54) is 18.4 Å². The van der Waals surface area contributed by atoms with Crippen molar-refractivity contribution in [2.45, 2.75) is 83.3 Å². The van der Waals surface area contributed by atoms with Gasteiger partial charge in [0, 0.05) is 36.3 Å². The minimum Gasteiger partial charge on any atom is -0.381 e. The van der Waals surface area contributed by atoms with Crippen LogP contribution in [0.1, 0.15) is 81.9 Å². The van der Waals surface area contributed by atoms with Crippen LogP contribution in [-0.2, 0) is 21.5 Å². The van der Waals surface area contributed by atoms with E-state index in [1.54, 1.807) is 11.8 Å². The van der Waals surface area contributed by atoms with Gasteiger partial charge in [0.2, 0.25) is 0 Å². The number of benzene rings is 1. The summed E-state index contributed by atoms with van der Waals surface area (Å²) in [6.45, 7) is 5.07. The first-order valence-electron chi connectivity index (χ1n) is 12.8. The summed E-state index contributed by atoms with van der Waals surface area (Å²) in [4.78, 5) is 21.8. The summed E-state index contributed by atoms with van der Waals surface area (Å²) in [6, 6.07) is 6.59. The lowest BCUT2D eigenvalue weighted by molar-refractivity contribution is -0.138. The van der Waals surface area contributed by atoms with Crippen LogP contribution < -0.4 is 0 Å². The van der Waals surface area contributed by atoms with Gasteiger partial charge in [-0.2, -0.15) is 0 Å². The van der Waals surface area contributed by atoms with Crippen LogP contribution in [0.3, 0.4) is 0 Å². The van der Waals surface area contributed by atoms with Crippen LogP contribution in [0, 0.1) is 23.2 Å². The summed E-state index contributed by atoms with van der Waals surface area (Å²) in [7, 11) is 1.81. The molecule has 1 aliphatic heterocycles. The average molecular weight is 465 g/mol. The third-order valence-electron chi connectivity index (χ3n) is 7.95. The highest BCUT2D eigenvalue weighted by Crippen LogP contribution is 2.62. The Morgan fingerprint density at radius 1 is 1.18 bits per heavy atom. The minimum atomic E-state index is -0.802. The molecule has 0 N–H and O–H groups in total. The molecule has 1 aromatic rings. The van der Waals surface area contributed by atoms with Gasteiger partial charge < -0.3 is 4.74 Å². The molecule has 1 amide bonds. The Bertz CT molecular complexity index is 1010. The monoisotopic (exact) mass is 464 g/mol. The number of thioether (sulfide) groups is 1. The number of ether oxygens (including phenoxy) is 1. The molecular weight excluding hydrogens is 428 g/mol. The van der Waals surface area contributed by atoms with Gasteiger partial charge in [0.1, 0.15) is 0 Å². The van der Waals surface area contributed by atoms with Gasteiger partial charge in [0.15, 0.2) is 10.7 Å². The molecule has 5 rings (SSSR count). The first-order chi connectivity index (χ1) is 16.1. The van der Waals surface area contributed by atoms with Crippen molar-refractivity contribution >= 4 is 22.8 Å².